The third kappa shape index (κ3) is 3.66. The number of aryl methyl sites for hydroxylation is 2. The molecule has 0 aliphatic carbocycles. The molecule has 0 bridgehead atoms. The second-order valence-corrected chi connectivity index (χ2v) is 7.09. The Balaban J connectivity index is 1.82. The summed E-state index contributed by atoms with van der Waals surface area (Å²) in [5.74, 6) is -0.236. The van der Waals surface area contributed by atoms with Gasteiger partial charge in [-0.3, -0.25) is 9.20 Å². The number of rotatable bonds is 3. The van der Waals surface area contributed by atoms with Crippen LogP contribution in [0.25, 0.3) is 16.9 Å². The molecule has 4 aromatic rings. The third-order valence-corrected chi connectivity index (χ3v) is 4.87. The van der Waals surface area contributed by atoms with Crippen LogP contribution in [0.4, 0.5) is 19.0 Å². The molecule has 2 aromatic carbocycles. The van der Waals surface area contributed by atoms with Crippen LogP contribution in [-0.2, 0) is 6.18 Å². The number of fused-ring (bicyclic) bond motifs is 1. The van der Waals surface area contributed by atoms with E-state index in [-0.39, 0.29) is 5.56 Å². The monoisotopic (exact) mass is 409 g/mol. The molecule has 0 aliphatic rings. The minimum absolute atomic E-state index is 0.0809. The number of nitrogens with zero attached hydrogens (tertiary/aromatic N) is 2. The molecule has 0 saturated heterocycles. The van der Waals surface area contributed by atoms with Crippen molar-refractivity contribution in [3.63, 3.8) is 0 Å². The zero-order valence-corrected chi connectivity index (χ0v) is 16.3. The van der Waals surface area contributed by atoms with Gasteiger partial charge in [0.25, 0.3) is 5.91 Å². The largest absolute Gasteiger partial charge is 0.416 e. The molecule has 2 heterocycles. The molecule has 30 heavy (non-hydrogen) atoms. The lowest BCUT2D eigenvalue weighted by atomic mass is 10.1. The van der Waals surface area contributed by atoms with Crippen LogP contribution in [-0.4, -0.2) is 15.3 Å². The third-order valence-electron chi connectivity index (χ3n) is 4.87. The number of amides is 1. The zero-order chi connectivity index (χ0) is 21.5. The van der Waals surface area contributed by atoms with Crippen LogP contribution < -0.4 is 5.32 Å². The lowest BCUT2D eigenvalue weighted by Gasteiger charge is -2.11. The topological polar surface area (TPSA) is 46.4 Å². The summed E-state index contributed by atoms with van der Waals surface area (Å²) in [6.07, 6.45) is -2.75. The van der Waals surface area contributed by atoms with E-state index in [4.69, 9.17) is 0 Å². The van der Waals surface area contributed by atoms with Gasteiger partial charge >= 0.3 is 6.18 Å². The summed E-state index contributed by atoms with van der Waals surface area (Å²) in [6.45, 7) is 3.87. The van der Waals surface area contributed by atoms with Crippen LogP contribution in [0.1, 0.15) is 27.0 Å². The first kappa shape index (κ1) is 19.7. The van der Waals surface area contributed by atoms with Gasteiger partial charge in [0.1, 0.15) is 17.2 Å². The first-order valence-corrected chi connectivity index (χ1v) is 9.27. The Morgan fingerprint density at radius 1 is 1.00 bits per heavy atom. The fourth-order valence-corrected chi connectivity index (χ4v) is 3.31. The number of nitrogens with one attached hydrogen (secondary N) is 1. The molecule has 0 atom stereocenters. The Morgan fingerprint density at radius 2 is 1.77 bits per heavy atom. The smallest absolute Gasteiger partial charge is 0.306 e. The van der Waals surface area contributed by atoms with Crippen LogP contribution in [0.15, 0.2) is 66.9 Å². The van der Waals surface area contributed by atoms with Crippen molar-refractivity contribution < 1.29 is 18.0 Å². The van der Waals surface area contributed by atoms with Crippen molar-refractivity contribution in [3.8, 4) is 11.3 Å². The number of alkyl halides is 3. The Bertz CT molecular complexity index is 1260. The van der Waals surface area contributed by atoms with E-state index in [2.05, 4.69) is 10.3 Å². The van der Waals surface area contributed by atoms with Crippen LogP contribution in [0.5, 0.6) is 0 Å². The quantitative estimate of drug-likeness (QED) is 0.459. The molecule has 2 aromatic heterocycles. The van der Waals surface area contributed by atoms with Crippen LogP contribution in [0, 0.1) is 13.8 Å². The number of aromatic nitrogens is 2. The molecule has 1 N–H and O–H groups in total. The molecule has 0 saturated carbocycles. The fourth-order valence-electron chi connectivity index (χ4n) is 3.31. The Labute approximate surface area is 171 Å². The highest BCUT2D eigenvalue weighted by Gasteiger charge is 2.31. The molecule has 0 radical (unpaired) electrons. The predicted octanol–water partition coefficient (Wildman–Crippen LogP) is 5.89. The van der Waals surface area contributed by atoms with Gasteiger partial charge in [0.05, 0.1) is 5.56 Å². The minimum atomic E-state index is -4.52. The number of carbonyl (C=O) groups excluding carboxylic acids is 1. The van der Waals surface area contributed by atoms with Crippen molar-refractivity contribution in [2.75, 3.05) is 5.32 Å². The maximum atomic E-state index is 13.0. The van der Waals surface area contributed by atoms with Crippen molar-refractivity contribution in [1.29, 1.82) is 0 Å². The molecule has 4 nitrogen and oxygen atoms in total. The highest BCUT2D eigenvalue weighted by Crippen LogP contribution is 2.33. The molecular weight excluding hydrogens is 391 g/mol. The van der Waals surface area contributed by atoms with Crippen molar-refractivity contribution >= 4 is 17.4 Å². The molecule has 1 amide bonds. The van der Waals surface area contributed by atoms with Gasteiger partial charge in [-0.05, 0) is 55.3 Å². The van der Waals surface area contributed by atoms with Gasteiger partial charge in [0.2, 0.25) is 0 Å². The second-order valence-electron chi connectivity index (χ2n) is 7.09. The Kier molecular flexibility index (Phi) is 4.81. The molecule has 0 spiro atoms. The lowest BCUT2D eigenvalue weighted by molar-refractivity contribution is -0.137. The van der Waals surface area contributed by atoms with Crippen molar-refractivity contribution in [3.05, 3.63) is 89.1 Å². The summed E-state index contributed by atoms with van der Waals surface area (Å²) in [5, 5.41) is 2.77. The number of imidazole rings is 1. The van der Waals surface area contributed by atoms with Gasteiger partial charge in [0.15, 0.2) is 0 Å². The van der Waals surface area contributed by atoms with Crippen LogP contribution in [0.2, 0.25) is 0 Å². The van der Waals surface area contributed by atoms with E-state index in [1.165, 1.54) is 12.1 Å². The standard InChI is InChI=1S/C23H18F3N3O/c1-14-10-11-29-19(12-14)27-20(18-9-4-3-6-15(18)2)21(29)28-22(30)16-7-5-8-17(13-16)23(24,25)26/h3-13H,1-2H3,(H,28,30). The predicted molar refractivity (Wildman–Crippen MR) is 109 cm³/mol. The summed E-state index contributed by atoms with van der Waals surface area (Å²) < 4.78 is 40.8. The zero-order valence-electron chi connectivity index (χ0n) is 16.3. The Hall–Kier alpha value is -3.61. The molecule has 152 valence electrons. The van der Waals surface area contributed by atoms with Gasteiger partial charge in [0, 0.05) is 17.3 Å². The first-order valence-electron chi connectivity index (χ1n) is 9.27. The molecule has 0 fully saturated rings. The molecule has 4 rings (SSSR count). The van der Waals surface area contributed by atoms with E-state index < -0.39 is 17.6 Å². The first-order chi connectivity index (χ1) is 14.2. The van der Waals surface area contributed by atoms with E-state index in [1.807, 2.05) is 50.2 Å². The summed E-state index contributed by atoms with van der Waals surface area (Å²) in [6, 6.07) is 15.7. The number of hydrogen-bond acceptors (Lipinski definition) is 2. The number of pyridine rings is 1. The number of benzene rings is 2. The molecule has 0 unspecified atom stereocenters. The fraction of sp³-hybridized carbons (Fsp3) is 0.130. The molecular formula is C23H18F3N3O. The summed E-state index contributed by atoms with van der Waals surface area (Å²) >= 11 is 0. The van der Waals surface area contributed by atoms with Crippen molar-refractivity contribution in [1.82, 2.24) is 9.38 Å². The summed E-state index contributed by atoms with van der Waals surface area (Å²) in [5.41, 5.74) is 3.03. The molecule has 0 aliphatic heterocycles. The number of hydrogen-bond donors (Lipinski definition) is 1. The number of carbonyl (C=O) groups is 1. The minimum Gasteiger partial charge on any atom is -0.306 e. The van der Waals surface area contributed by atoms with Gasteiger partial charge in [-0.25, -0.2) is 4.98 Å². The number of anilines is 1. The van der Waals surface area contributed by atoms with Gasteiger partial charge in [-0.15, -0.1) is 0 Å². The SMILES string of the molecule is Cc1ccn2c(NC(=O)c3cccc(C(F)(F)F)c3)c(-c3ccccc3C)nc2c1. The van der Waals surface area contributed by atoms with Crippen LogP contribution >= 0.6 is 0 Å². The maximum Gasteiger partial charge on any atom is 0.416 e. The average molecular weight is 409 g/mol. The van der Waals surface area contributed by atoms with E-state index in [1.54, 1.807) is 10.6 Å². The highest BCUT2D eigenvalue weighted by molar-refractivity contribution is 6.06. The maximum absolute atomic E-state index is 13.0. The second kappa shape index (κ2) is 7.33. The molecule has 7 heteroatoms. The van der Waals surface area contributed by atoms with E-state index in [0.29, 0.717) is 17.2 Å². The van der Waals surface area contributed by atoms with Gasteiger partial charge in [-0.1, -0.05) is 30.3 Å². The summed E-state index contributed by atoms with van der Waals surface area (Å²) in [4.78, 5) is 17.5. The summed E-state index contributed by atoms with van der Waals surface area (Å²) in [7, 11) is 0. The number of halogens is 3. The normalized spacial score (nSPS) is 11.6. The average Bonchev–Trinajstić information content (AvgIpc) is 3.05. The lowest BCUT2D eigenvalue weighted by Crippen LogP contribution is -2.15. The van der Waals surface area contributed by atoms with Gasteiger partial charge in [-0.2, -0.15) is 13.2 Å². The van der Waals surface area contributed by atoms with E-state index in [9.17, 15) is 18.0 Å². The van der Waals surface area contributed by atoms with Crippen LogP contribution in [0.3, 0.4) is 0 Å². The van der Waals surface area contributed by atoms with Gasteiger partial charge < -0.3 is 5.32 Å². The highest BCUT2D eigenvalue weighted by atomic mass is 19.4. The van der Waals surface area contributed by atoms with Crippen molar-refractivity contribution in [2.24, 2.45) is 0 Å². The van der Waals surface area contributed by atoms with Crippen molar-refractivity contribution in [2.45, 2.75) is 20.0 Å². The van der Waals surface area contributed by atoms with E-state index in [0.717, 1.165) is 28.8 Å². The Morgan fingerprint density at radius 3 is 2.50 bits per heavy atom. The van der Waals surface area contributed by atoms with E-state index >= 15 is 0 Å².